The average molecular weight is 394 g/mol. The number of piperazine rings is 1. The Bertz CT molecular complexity index is 848. The second-order valence-corrected chi connectivity index (χ2v) is 6.85. The first kappa shape index (κ1) is 19.3. The molecule has 1 aliphatic rings. The summed E-state index contributed by atoms with van der Waals surface area (Å²) in [6, 6.07) is 3.51. The SMILES string of the molecule is CNC(C(=O)N1CCN(C(=O)c2ccc(Cl)cc2F)CC1)c1cnn(C)c1. The molecule has 1 unspecified atom stereocenters. The molecule has 1 atom stereocenters. The van der Waals surface area contributed by atoms with Crippen molar-refractivity contribution >= 4 is 23.4 Å². The van der Waals surface area contributed by atoms with Crippen LogP contribution in [0.5, 0.6) is 0 Å². The number of carbonyl (C=O) groups excluding carboxylic acids is 2. The third-order valence-corrected chi connectivity index (χ3v) is 4.87. The summed E-state index contributed by atoms with van der Waals surface area (Å²) in [7, 11) is 3.51. The predicted molar refractivity (Wildman–Crippen MR) is 98.9 cm³/mol. The van der Waals surface area contributed by atoms with Crippen LogP contribution in [-0.2, 0) is 11.8 Å². The van der Waals surface area contributed by atoms with E-state index in [4.69, 9.17) is 11.6 Å². The third kappa shape index (κ3) is 4.12. The van der Waals surface area contributed by atoms with Crippen molar-refractivity contribution in [2.45, 2.75) is 6.04 Å². The van der Waals surface area contributed by atoms with Crippen molar-refractivity contribution in [3.8, 4) is 0 Å². The number of likely N-dealkylation sites (N-methyl/N-ethyl adjacent to an activating group) is 1. The molecular weight excluding hydrogens is 373 g/mol. The fraction of sp³-hybridized carbons (Fsp3) is 0.389. The predicted octanol–water partition coefficient (Wildman–Crippen LogP) is 1.46. The highest BCUT2D eigenvalue weighted by Gasteiger charge is 2.30. The van der Waals surface area contributed by atoms with Crippen LogP contribution < -0.4 is 5.32 Å². The van der Waals surface area contributed by atoms with E-state index in [1.807, 2.05) is 0 Å². The van der Waals surface area contributed by atoms with E-state index >= 15 is 0 Å². The second-order valence-electron chi connectivity index (χ2n) is 6.41. The number of hydrogen-bond donors (Lipinski definition) is 1. The number of carbonyl (C=O) groups is 2. The van der Waals surface area contributed by atoms with Gasteiger partial charge in [0.15, 0.2) is 0 Å². The van der Waals surface area contributed by atoms with E-state index < -0.39 is 17.8 Å². The number of aromatic nitrogens is 2. The minimum absolute atomic E-state index is 0.0114. The van der Waals surface area contributed by atoms with Crippen LogP contribution in [0.25, 0.3) is 0 Å². The lowest BCUT2D eigenvalue weighted by molar-refractivity contribution is -0.135. The Hall–Kier alpha value is -2.45. The van der Waals surface area contributed by atoms with Gasteiger partial charge in [-0.25, -0.2) is 4.39 Å². The lowest BCUT2D eigenvalue weighted by Crippen LogP contribution is -2.52. The second kappa shape index (κ2) is 8.06. The quantitative estimate of drug-likeness (QED) is 0.853. The molecule has 3 rings (SSSR count). The van der Waals surface area contributed by atoms with Crippen molar-refractivity contribution in [1.82, 2.24) is 24.9 Å². The maximum atomic E-state index is 14.0. The van der Waals surface area contributed by atoms with Crippen molar-refractivity contribution in [2.24, 2.45) is 7.05 Å². The number of benzene rings is 1. The molecule has 2 aromatic rings. The molecule has 27 heavy (non-hydrogen) atoms. The molecule has 1 aliphatic heterocycles. The first-order valence-corrected chi connectivity index (χ1v) is 8.97. The zero-order valence-electron chi connectivity index (χ0n) is 15.2. The van der Waals surface area contributed by atoms with Gasteiger partial charge in [0, 0.05) is 50.0 Å². The number of halogens is 2. The van der Waals surface area contributed by atoms with E-state index in [-0.39, 0.29) is 16.5 Å². The summed E-state index contributed by atoms with van der Waals surface area (Å²) in [5.74, 6) is -1.11. The molecule has 2 amide bonds. The van der Waals surface area contributed by atoms with Gasteiger partial charge in [0.1, 0.15) is 11.9 Å². The molecule has 0 radical (unpaired) electrons. The highest BCUT2D eigenvalue weighted by Crippen LogP contribution is 2.19. The number of aryl methyl sites for hydroxylation is 1. The Morgan fingerprint density at radius 3 is 2.44 bits per heavy atom. The van der Waals surface area contributed by atoms with Crippen LogP contribution in [0.15, 0.2) is 30.6 Å². The Labute approximate surface area is 161 Å². The van der Waals surface area contributed by atoms with E-state index in [9.17, 15) is 14.0 Å². The van der Waals surface area contributed by atoms with Gasteiger partial charge in [0.25, 0.3) is 5.91 Å². The van der Waals surface area contributed by atoms with Gasteiger partial charge < -0.3 is 15.1 Å². The maximum Gasteiger partial charge on any atom is 0.256 e. The molecule has 9 heteroatoms. The molecule has 0 spiro atoms. The zero-order valence-corrected chi connectivity index (χ0v) is 15.9. The van der Waals surface area contributed by atoms with Crippen LogP contribution >= 0.6 is 11.6 Å². The minimum atomic E-state index is -0.641. The Balaban J connectivity index is 1.64. The molecular formula is C18H21ClFN5O2. The van der Waals surface area contributed by atoms with E-state index in [0.717, 1.165) is 11.6 Å². The van der Waals surface area contributed by atoms with Gasteiger partial charge >= 0.3 is 0 Å². The zero-order chi connectivity index (χ0) is 19.6. The van der Waals surface area contributed by atoms with Crippen LogP contribution in [0.2, 0.25) is 5.02 Å². The summed E-state index contributed by atoms with van der Waals surface area (Å²) < 4.78 is 15.6. The lowest BCUT2D eigenvalue weighted by atomic mass is 10.1. The molecule has 0 saturated carbocycles. The molecule has 1 N–H and O–H groups in total. The largest absolute Gasteiger partial charge is 0.337 e. The van der Waals surface area contributed by atoms with Gasteiger partial charge in [-0.15, -0.1) is 0 Å². The van der Waals surface area contributed by atoms with Crippen LogP contribution in [0.3, 0.4) is 0 Å². The highest BCUT2D eigenvalue weighted by molar-refractivity contribution is 6.30. The molecule has 1 fully saturated rings. The summed E-state index contributed by atoms with van der Waals surface area (Å²) in [6.45, 7) is 1.46. The highest BCUT2D eigenvalue weighted by atomic mass is 35.5. The molecule has 144 valence electrons. The van der Waals surface area contributed by atoms with Crippen molar-refractivity contribution < 1.29 is 14.0 Å². The normalized spacial score (nSPS) is 15.7. The fourth-order valence-corrected chi connectivity index (χ4v) is 3.33. The van der Waals surface area contributed by atoms with Crippen molar-refractivity contribution in [3.05, 3.63) is 52.6 Å². The number of nitrogens with one attached hydrogen (secondary N) is 1. The van der Waals surface area contributed by atoms with Crippen molar-refractivity contribution in [2.75, 3.05) is 33.2 Å². The molecule has 0 aliphatic carbocycles. The Morgan fingerprint density at radius 1 is 1.22 bits per heavy atom. The summed E-state index contributed by atoms with van der Waals surface area (Å²) in [5.41, 5.74) is 0.773. The number of hydrogen-bond acceptors (Lipinski definition) is 4. The van der Waals surface area contributed by atoms with Crippen LogP contribution in [0.4, 0.5) is 4.39 Å². The van der Waals surface area contributed by atoms with Gasteiger partial charge in [-0.3, -0.25) is 14.3 Å². The van der Waals surface area contributed by atoms with Crippen LogP contribution in [-0.4, -0.2) is 64.6 Å². The minimum Gasteiger partial charge on any atom is -0.337 e. The first-order valence-electron chi connectivity index (χ1n) is 8.59. The van der Waals surface area contributed by atoms with Crippen LogP contribution in [0, 0.1) is 5.82 Å². The number of nitrogens with zero attached hydrogens (tertiary/aromatic N) is 4. The molecule has 1 saturated heterocycles. The van der Waals surface area contributed by atoms with Gasteiger partial charge in [-0.2, -0.15) is 5.10 Å². The Kier molecular flexibility index (Phi) is 5.76. The standard InChI is InChI=1S/C18H21ClFN5O2/c1-21-16(12-10-22-23(2)11-12)18(27)25-7-5-24(6-8-25)17(26)14-4-3-13(19)9-15(14)20/h3-4,9-11,16,21H,5-8H2,1-2H3. The van der Waals surface area contributed by atoms with Gasteiger partial charge in [-0.1, -0.05) is 11.6 Å². The molecule has 7 nitrogen and oxygen atoms in total. The molecule has 2 heterocycles. The summed E-state index contributed by atoms with van der Waals surface area (Å²) in [5, 5.41) is 7.36. The topological polar surface area (TPSA) is 70.5 Å². The van der Waals surface area contributed by atoms with Crippen molar-refractivity contribution in [3.63, 3.8) is 0 Å². The fourth-order valence-electron chi connectivity index (χ4n) is 3.17. The smallest absolute Gasteiger partial charge is 0.256 e. The van der Waals surface area contributed by atoms with E-state index in [1.165, 1.54) is 12.1 Å². The van der Waals surface area contributed by atoms with E-state index in [0.29, 0.717) is 26.2 Å². The first-order chi connectivity index (χ1) is 12.9. The third-order valence-electron chi connectivity index (χ3n) is 4.63. The van der Waals surface area contributed by atoms with Gasteiger partial charge in [0.2, 0.25) is 5.91 Å². The van der Waals surface area contributed by atoms with Gasteiger partial charge in [0.05, 0.1) is 11.8 Å². The number of rotatable bonds is 4. The summed E-state index contributed by atoms with van der Waals surface area (Å²) >= 11 is 5.74. The van der Waals surface area contributed by atoms with Gasteiger partial charge in [-0.05, 0) is 25.2 Å². The van der Waals surface area contributed by atoms with E-state index in [2.05, 4.69) is 10.4 Å². The molecule has 1 aromatic heterocycles. The monoisotopic (exact) mass is 393 g/mol. The number of amides is 2. The molecule has 0 bridgehead atoms. The summed E-state index contributed by atoms with van der Waals surface area (Å²) in [6.07, 6.45) is 3.45. The summed E-state index contributed by atoms with van der Waals surface area (Å²) in [4.78, 5) is 28.6. The maximum absolute atomic E-state index is 14.0. The van der Waals surface area contributed by atoms with Crippen molar-refractivity contribution in [1.29, 1.82) is 0 Å². The molecule has 1 aromatic carbocycles. The Morgan fingerprint density at radius 2 is 1.89 bits per heavy atom. The van der Waals surface area contributed by atoms with E-state index in [1.54, 1.807) is 41.0 Å². The van der Waals surface area contributed by atoms with Crippen LogP contribution in [0.1, 0.15) is 22.0 Å². The average Bonchev–Trinajstić information content (AvgIpc) is 3.08. The lowest BCUT2D eigenvalue weighted by Gasteiger charge is -2.36.